The third-order valence-electron chi connectivity index (χ3n) is 8.47. The van der Waals surface area contributed by atoms with Crippen LogP contribution in [0.3, 0.4) is 0 Å². The fraction of sp³-hybridized carbons (Fsp3) is 0.333. The Hall–Kier alpha value is -4.14. The fourth-order valence-electron chi connectivity index (χ4n) is 5.95. The lowest BCUT2D eigenvalue weighted by Gasteiger charge is -2.37. The first-order valence-corrected chi connectivity index (χ1v) is 16.8. The summed E-state index contributed by atoms with van der Waals surface area (Å²) >= 11 is 6.60. The molecule has 1 aromatic heterocycles. The molecule has 3 atom stereocenters. The summed E-state index contributed by atoms with van der Waals surface area (Å²) in [5.41, 5.74) is 0.549. The Kier molecular flexibility index (Phi) is 10.7. The van der Waals surface area contributed by atoms with Crippen LogP contribution in [0.5, 0.6) is 11.5 Å². The number of hydrogen-bond acceptors (Lipinski definition) is 8. The summed E-state index contributed by atoms with van der Waals surface area (Å²) in [6.45, 7) is -0.261. The summed E-state index contributed by atoms with van der Waals surface area (Å²) in [4.78, 5) is 7.31. The topological polar surface area (TPSA) is 106 Å². The zero-order valence-corrected chi connectivity index (χ0v) is 27.8. The van der Waals surface area contributed by atoms with Crippen molar-refractivity contribution in [2.45, 2.75) is 54.9 Å². The van der Waals surface area contributed by atoms with E-state index in [-0.39, 0.29) is 41.1 Å². The van der Waals surface area contributed by atoms with Gasteiger partial charge in [-0.2, -0.15) is 13.2 Å². The normalized spacial score (nSPS) is 18.3. The van der Waals surface area contributed by atoms with E-state index in [2.05, 4.69) is 20.6 Å². The second-order valence-corrected chi connectivity index (χ2v) is 13.5. The van der Waals surface area contributed by atoms with Crippen molar-refractivity contribution in [1.29, 1.82) is 0 Å². The third kappa shape index (κ3) is 7.61. The van der Waals surface area contributed by atoms with Crippen molar-refractivity contribution in [3.63, 3.8) is 0 Å². The molecule has 0 bridgehead atoms. The van der Waals surface area contributed by atoms with E-state index in [4.69, 9.17) is 21.1 Å². The van der Waals surface area contributed by atoms with Crippen LogP contribution in [0.15, 0.2) is 78.1 Å². The summed E-state index contributed by atoms with van der Waals surface area (Å²) in [5, 5.41) is 6.41. The maximum absolute atomic E-state index is 15.8. The largest absolute Gasteiger partial charge is 0.497 e. The first kappa shape index (κ1) is 35.2. The predicted octanol–water partition coefficient (Wildman–Crippen LogP) is 7.04. The van der Waals surface area contributed by atoms with Gasteiger partial charge in [0.2, 0.25) is 0 Å². The Bertz CT molecular complexity index is 1850. The second kappa shape index (κ2) is 14.5. The van der Waals surface area contributed by atoms with Gasteiger partial charge in [0.1, 0.15) is 34.4 Å². The van der Waals surface area contributed by atoms with Crippen molar-refractivity contribution < 1.29 is 35.5 Å². The van der Waals surface area contributed by atoms with Gasteiger partial charge in [0.05, 0.1) is 37.0 Å². The molecular weight excluding hydrogens is 674 g/mol. The van der Waals surface area contributed by atoms with Crippen LogP contribution < -0.4 is 24.4 Å². The van der Waals surface area contributed by atoms with Crippen LogP contribution >= 0.6 is 11.6 Å². The average molecular weight is 708 g/mol. The number of nitrogens with zero attached hydrogens (tertiary/aromatic N) is 3. The molecule has 9 nitrogen and oxygen atoms in total. The van der Waals surface area contributed by atoms with Gasteiger partial charge < -0.3 is 20.1 Å². The minimum absolute atomic E-state index is 0.00464. The number of halogens is 5. The summed E-state index contributed by atoms with van der Waals surface area (Å²) in [7, 11) is 0.0763. The summed E-state index contributed by atoms with van der Waals surface area (Å²) in [5.74, 6) is -0.322. The Morgan fingerprint density at radius 1 is 1.02 bits per heavy atom. The highest BCUT2D eigenvalue weighted by Gasteiger charge is 2.35. The van der Waals surface area contributed by atoms with E-state index in [9.17, 15) is 21.6 Å². The summed E-state index contributed by atoms with van der Waals surface area (Å²) < 4.78 is 95.6. The molecule has 48 heavy (non-hydrogen) atoms. The first-order chi connectivity index (χ1) is 22.8. The van der Waals surface area contributed by atoms with E-state index < -0.39 is 32.5 Å². The van der Waals surface area contributed by atoms with E-state index in [1.165, 1.54) is 44.9 Å². The molecule has 0 radical (unpaired) electrons. The van der Waals surface area contributed by atoms with E-state index in [1.54, 1.807) is 31.3 Å². The molecule has 2 N–H and O–H groups in total. The SMILES string of the molecule is CN[C@H]1C[C@@H](c2cccc(C(F)(F)F)c2)CC[C@@H]1Nc1cc(F)c(S(=O)(=O)N(Cc2ccc(OC)cc2OC)c2ccncn2)cc1Cl. The number of anilines is 2. The number of methoxy groups -OCH3 is 2. The quantitative estimate of drug-likeness (QED) is 0.160. The van der Waals surface area contributed by atoms with Gasteiger partial charge in [0, 0.05) is 36.0 Å². The van der Waals surface area contributed by atoms with Crippen molar-refractivity contribution in [2.75, 3.05) is 30.9 Å². The van der Waals surface area contributed by atoms with Crippen LogP contribution in [0.25, 0.3) is 0 Å². The van der Waals surface area contributed by atoms with Gasteiger partial charge in [-0.05, 0) is 68.1 Å². The van der Waals surface area contributed by atoms with Crippen molar-refractivity contribution in [2.24, 2.45) is 0 Å². The highest BCUT2D eigenvalue weighted by Crippen LogP contribution is 2.39. The van der Waals surface area contributed by atoms with E-state index in [0.29, 0.717) is 41.9 Å². The van der Waals surface area contributed by atoms with E-state index in [0.717, 1.165) is 22.5 Å². The minimum atomic E-state index is -4.59. The number of benzene rings is 3. The molecule has 1 fully saturated rings. The molecule has 4 aromatic rings. The lowest BCUT2D eigenvalue weighted by Crippen LogP contribution is -2.46. The zero-order valence-electron chi connectivity index (χ0n) is 26.3. The number of aromatic nitrogens is 2. The number of ether oxygens (including phenoxy) is 2. The monoisotopic (exact) mass is 707 g/mol. The molecule has 0 spiro atoms. The van der Waals surface area contributed by atoms with Gasteiger partial charge in [0.15, 0.2) is 0 Å². The lowest BCUT2D eigenvalue weighted by molar-refractivity contribution is -0.137. The number of rotatable bonds is 11. The molecule has 3 aromatic carbocycles. The Labute approximate surface area is 281 Å². The molecule has 256 valence electrons. The molecule has 1 saturated carbocycles. The van der Waals surface area contributed by atoms with Crippen LogP contribution in [0.4, 0.5) is 29.1 Å². The van der Waals surface area contributed by atoms with Crippen LogP contribution in [-0.2, 0) is 22.7 Å². The molecule has 0 unspecified atom stereocenters. The average Bonchev–Trinajstić information content (AvgIpc) is 3.08. The fourth-order valence-corrected chi connectivity index (χ4v) is 7.70. The number of alkyl halides is 3. The van der Waals surface area contributed by atoms with Crippen molar-refractivity contribution in [3.8, 4) is 11.5 Å². The maximum Gasteiger partial charge on any atom is 0.416 e. The van der Waals surface area contributed by atoms with Gasteiger partial charge in [-0.1, -0.05) is 29.8 Å². The standard InChI is InChI=1S/C33H34ClF4N5O4S/c1-39-29-14-21(20-5-4-6-23(13-20)33(36,37)38)8-10-27(29)42-28-17-26(35)31(16-25(28)34)48(44,45)43(32-11-12-40-19-41-32)18-22-7-9-24(46-2)15-30(22)47-3/h4-7,9,11-13,15-17,19,21,27,29,39,42H,8,10,14,18H2,1-3H3/t21-,27-,29-/m0/s1. The highest BCUT2D eigenvalue weighted by molar-refractivity contribution is 7.92. The minimum Gasteiger partial charge on any atom is -0.497 e. The summed E-state index contributed by atoms with van der Waals surface area (Å²) in [6, 6.07) is 13.2. The molecule has 5 rings (SSSR count). The van der Waals surface area contributed by atoms with Gasteiger partial charge in [-0.15, -0.1) is 0 Å². The number of sulfonamides is 1. The van der Waals surface area contributed by atoms with Gasteiger partial charge in [0.25, 0.3) is 10.0 Å². The molecule has 0 aliphatic heterocycles. The Morgan fingerprint density at radius 3 is 2.48 bits per heavy atom. The molecule has 0 saturated heterocycles. The molecular formula is C33H34ClF4N5O4S. The molecule has 1 aliphatic rings. The predicted molar refractivity (Wildman–Crippen MR) is 175 cm³/mol. The Morgan fingerprint density at radius 2 is 1.81 bits per heavy atom. The molecule has 0 amide bonds. The molecule has 1 aliphatic carbocycles. The summed E-state index contributed by atoms with van der Waals surface area (Å²) in [6.07, 6.45) is -0.259. The van der Waals surface area contributed by atoms with E-state index in [1.807, 2.05) is 0 Å². The van der Waals surface area contributed by atoms with Crippen molar-refractivity contribution in [1.82, 2.24) is 15.3 Å². The lowest BCUT2D eigenvalue weighted by atomic mass is 9.78. The van der Waals surface area contributed by atoms with Crippen molar-refractivity contribution in [3.05, 3.63) is 101 Å². The van der Waals surface area contributed by atoms with Crippen LogP contribution in [0.2, 0.25) is 5.02 Å². The van der Waals surface area contributed by atoms with Crippen LogP contribution in [-0.4, -0.2) is 51.7 Å². The smallest absolute Gasteiger partial charge is 0.416 e. The zero-order chi connectivity index (χ0) is 34.6. The van der Waals surface area contributed by atoms with Crippen molar-refractivity contribution >= 4 is 33.1 Å². The highest BCUT2D eigenvalue weighted by atomic mass is 35.5. The van der Waals surface area contributed by atoms with E-state index >= 15 is 4.39 Å². The Balaban J connectivity index is 1.40. The van der Waals surface area contributed by atoms with Gasteiger partial charge in [-0.25, -0.2) is 27.1 Å². The number of likely N-dealkylation sites (N-methyl/N-ethyl adjacent to an activating group) is 1. The number of hydrogen-bond donors (Lipinski definition) is 2. The van der Waals surface area contributed by atoms with Crippen LogP contribution in [0.1, 0.15) is 41.9 Å². The molecule has 15 heteroatoms. The molecule has 1 heterocycles. The third-order valence-corrected chi connectivity index (χ3v) is 10.5. The van der Waals surface area contributed by atoms with Crippen LogP contribution in [0, 0.1) is 5.82 Å². The second-order valence-electron chi connectivity index (χ2n) is 11.3. The number of nitrogens with one attached hydrogen (secondary N) is 2. The van der Waals surface area contributed by atoms with Gasteiger partial charge in [-0.3, -0.25) is 0 Å². The maximum atomic E-state index is 15.8. The first-order valence-electron chi connectivity index (χ1n) is 14.9. The van der Waals surface area contributed by atoms with Gasteiger partial charge >= 0.3 is 6.18 Å².